The summed E-state index contributed by atoms with van der Waals surface area (Å²) < 4.78 is 10.8. The quantitative estimate of drug-likeness (QED) is 0.339. The van der Waals surface area contributed by atoms with Gasteiger partial charge in [0.05, 0.1) is 0 Å². The van der Waals surface area contributed by atoms with Gasteiger partial charge in [-0.15, -0.1) is 0 Å². The molecule has 0 aliphatic heterocycles. The molecule has 0 saturated carbocycles. The molecule has 0 radical (unpaired) electrons. The van der Waals surface area contributed by atoms with E-state index in [1.165, 1.54) is 6.92 Å². The first-order valence-electron chi connectivity index (χ1n) is 5.94. The van der Waals surface area contributed by atoms with Crippen LogP contribution in [0.15, 0.2) is 60.6 Å². The van der Waals surface area contributed by atoms with Crippen molar-refractivity contribution in [1.29, 1.82) is 0 Å². The van der Waals surface area contributed by atoms with E-state index >= 15 is 0 Å². The van der Waals surface area contributed by atoms with Crippen molar-refractivity contribution in [3.63, 3.8) is 0 Å². The maximum Gasteiger partial charge on any atom is 0.303 e. The summed E-state index contributed by atoms with van der Waals surface area (Å²) in [5.41, 5.74) is 4.34. The van der Waals surface area contributed by atoms with E-state index in [0.29, 0.717) is 17.9 Å². The predicted octanol–water partition coefficient (Wildman–Crippen LogP) is 3.38. The molecule has 1 atom stereocenters. The Kier molecular flexibility index (Phi) is 5.65. The lowest BCUT2D eigenvalue weighted by atomic mass is 10.1. The average Bonchev–Trinajstić information content (AvgIpc) is 2.38. The van der Waals surface area contributed by atoms with Gasteiger partial charge in [-0.1, -0.05) is 49.2 Å². The summed E-state index contributed by atoms with van der Waals surface area (Å²) in [5, 5.41) is 0. The number of carbonyl (C=O) groups excluding carboxylic acids is 1. The molecular formula is C16H18O3. The third kappa shape index (κ3) is 4.86. The van der Waals surface area contributed by atoms with Gasteiger partial charge in [0, 0.05) is 6.92 Å². The molecule has 0 amide bonds. The Morgan fingerprint density at radius 2 is 1.95 bits per heavy atom. The van der Waals surface area contributed by atoms with Gasteiger partial charge < -0.3 is 9.47 Å². The molecule has 3 nitrogen and oxygen atoms in total. The Labute approximate surface area is 113 Å². The zero-order valence-corrected chi connectivity index (χ0v) is 11.3. The first-order valence-corrected chi connectivity index (χ1v) is 5.94. The molecule has 0 bridgehead atoms. The van der Waals surface area contributed by atoms with E-state index in [2.05, 4.69) is 18.9 Å². The molecule has 0 aliphatic rings. The number of hydrogen-bond acceptors (Lipinski definition) is 3. The smallest absolute Gasteiger partial charge is 0.303 e. The molecule has 0 aromatic heterocycles. The summed E-state index contributed by atoms with van der Waals surface area (Å²) in [6.45, 7) is 10.8. The lowest BCUT2D eigenvalue weighted by molar-refractivity contribution is -0.144. The van der Waals surface area contributed by atoms with Gasteiger partial charge in [0.15, 0.2) is 11.9 Å². The Bertz CT molecular complexity index is 496. The summed E-state index contributed by atoms with van der Waals surface area (Å²) in [6, 6.07) is 9.69. The van der Waals surface area contributed by atoms with Gasteiger partial charge in [-0.3, -0.25) is 4.79 Å². The summed E-state index contributed by atoms with van der Waals surface area (Å²) in [6.07, 6.45) is -0.640. The maximum absolute atomic E-state index is 11.1. The van der Waals surface area contributed by atoms with Gasteiger partial charge in [-0.2, -0.15) is 0 Å². The van der Waals surface area contributed by atoms with E-state index in [1.807, 2.05) is 30.3 Å². The van der Waals surface area contributed by atoms with E-state index in [-0.39, 0.29) is 0 Å². The summed E-state index contributed by atoms with van der Waals surface area (Å²) in [7, 11) is 0. The molecule has 0 fully saturated rings. The highest BCUT2D eigenvalue weighted by atomic mass is 16.6. The van der Waals surface area contributed by atoms with Crippen molar-refractivity contribution >= 4 is 5.97 Å². The SMILES string of the molecule is C=C=C(OCc1ccccc1)C(OC(C)=O)C(=C)C. The van der Waals surface area contributed by atoms with Gasteiger partial charge in [0.2, 0.25) is 0 Å². The molecule has 1 aromatic carbocycles. The fourth-order valence-electron chi connectivity index (χ4n) is 1.50. The van der Waals surface area contributed by atoms with Crippen LogP contribution in [0.3, 0.4) is 0 Å². The minimum atomic E-state index is -0.640. The minimum Gasteiger partial charge on any atom is -0.481 e. The Balaban J connectivity index is 2.74. The van der Waals surface area contributed by atoms with Crippen molar-refractivity contribution in [1.82, 2.24) is 0 Å². The second-order valence-electron chi connectivity index (χ2n) is 4.15. The number of rotatable bonds is 6. The summed E-state index contributed by atoms with van der Waals surface area (Å²) in [5.74, 6) is -0.0318. The van der Waals surface area contributed by atoms with Crippen molar-refractivity contribution in [3.05, 3.63) is 66.1 Å². The van der Waals surface area contributed by atoms with Crippen LogP contribution in [0.4, 0.5) is 0 Å². The fourth-order valence-corrected chi connectivity index (χ4v) is 1.50. The summed E-state index contributed by atoms with van der Waals surface area (Å²) in [4.78, 5) is 11.1. The minimum absolute atomic E-state index is 0.365. The highest BCUT2D eigenvalue weighted by molar-refractivity contribution is 5.66. The molecule has 1 aromatic rings. The highest BCUT2D eigenvalue weighted by Gasteiger charge is 2.19. The number of carbonyl (C=O) groups is 1. The third-order valence-electron chi connectivity index (χ3n) is 2.38. The van der Waals surface area contributed by atoms with E-state index < -0.39 is 12.1 Å². The molecule has 0 saturated heterocycles. The molecule has 0 N–H and O–H groups in total. The zero-order chi connectivity index (χ0) is 14.3. The van der Waals surface area contributed by atoms with E-state index in [1.54, 1.807) is 6.92 Å². The molecule has 3 heteroatoms. The van der Waals surface area contributed by atoms with Crippen LogP contribution in [-0.4, -0.2) is 12.1 Å². The van der Waals surface area contributed by atoms with Gasteiger partial charge in [0.1, 0.15) is 6.61 Å². The maximum atomic E-state index is 11.1. The van der Waals surface area contributed by atoms with Gasteiger partial charge in [-0.05, 0) is 18.1 Å². The van der Waals surface area contributed by atoms with Crippen LogP contribution in [-0.2, 0) is 20.9 Å². The Hall–Kier alpha value is -2.25. The number of hydrogen-bond donors (Lipinski definition) is 0. The van der Waals surface area contributed by atoms with Crippen LogP contribution in [0.1, 0.15) is 19.4 Å². The number of ether oxygens (including phenoxy) is 2. The first kappa shape index (κ1) is 14.8. The van der Waals surface area contributed by atoms with Crippen LogP contribution in [0.2, 0.25) is 0 Å². The van der Waals surface area contributed by atoms with Crippen molar-refractivity contribution in [2.45, 2.75) is 26.6 Å². The molecule has 1 unspecified atom stereocenters. The molecule has 0 spiro atoms. The van der Waals surface area contributed by atoms with E-state index in [9.17, 15) is 4.79 Å². The topological polar surface area (TPSA) is 35.5 Å². The standard InChI is InChI=1S/C16H18O3/c1-5-15(16(12(2)3)19-13(4)17)18-11-14-9-7-6-8-10-14/h6-10,16H,1-2,11H2,3-4H3. The fraction of sp³-hybridized carbons (Fsp3) is 0.250. The summed E-state index contributed by atoms with van der Waals surface area (Å²) >= 11 is 0. The molecule has 100 valence electrons. The first-order chi connectivity index (χ1) is 9.04. The third-order valence-corrected chi connectivity index (χ3v) is 2.38. The van der Waals surface area contributed by atoms with Crippen molar-refractivity contribution < 1.29 is 14.3 Å². The average molecular weight is 258 g/mol. The van der Waals surface area contributed by atoms with Crippen LogP contribution in [0, 0.1) is 0 Å². The molecular weight excluding hydrogens is 240 g/mol. The lowest BCUT2D eigenvalue weighted by Crippen LogP contribution is -2.21. The predicted molar refractivity (Wildman–Crippen MR) is 74.3 cm³/mol. The molecule has 0 heterocycles. The largest absolute Gasteiger partial charge is 0.481 e. The van der Waals surface area contributed by atoms with Crippen molar-refractivity contribution in [2.75, 3.05) is 0 Å². The van der Waals surface area contributed by atoms with Crippen molar-refractivity contribution in [3.8, 4) is 0 Å². The Morgan fingerprint density at radius 1 is 1.32 bits per heavy atom. The van der Waals surface area contributed by atoms with Crippen molar-refractivity contribution in [2.24, 2.45) is 0 Å². The van der Waals surface area contributed by atoms with Crippen LogP contribution in [0.5, 0.6) is 0 Å². The normalized spacial score (nSPS) is 11.1. The molecule has 0 aliphatic carbocycles. The number of esters is 1. The number of benzene rings is 1. The van der Waals surface area contributed by atoms with Crippen LogP contribution < -0.4 is 0 Å². The Morgan fingerprint density at radius 3 is 2.42 bits per heavy atom. The monoisotopic (exact) mass is 258 g/mol. The lowest BCUT2D eigenvalue weighted by Gasteiger charge is -2.19. The molecule has 19 heavy (non-hydrogen) atoms. The van der Waals surface area contributed by atoms with Gasteiger partial charge >= 0.3 is 5.97 Å². The zero-order valence-electron chi connectivity index (χ0n) is 11.3. The van der Waals surface area contributed by atoms with Crippen LogP contribution in [0.25, 0.3) is 0 Å². The van der Waals surface area contributed by atoms with E-state index in [4.69, 9.17) is 9.47 Å². The van der Waals surface area contributed by atoms with E-state index in [0.717, 1.165) is 5.56 Å². The second-order valence-corrected chi connectivity index (χ2v) is 4.15. The van der Waals surface area contributed by atoms with Gasteiger partial charge in [0.25, 0.3) is 0 Å². The second kappa shape index (κ2) is 7.24. The van der Waals surface area contributed by atoms with Gasteiger partial charge in [-0.25, -0.2) is 0 Å². The van der Waals surface area contributed by atoms with Crippen LogP contribution >= 0.6 is 0 Å². The molecule has 1 rings (SSSR count). The highest BCUT2D eigenvalue weighted by Crippen LogP contribution is 2.17.